The van der Waals surface area contributed by atoms with Gasteiger partial charge in [0.2, 0.25) is 5.91 Å². The van der Waals surface area contributed by atoms with Crippen molar-refractivity contribution in [3.05, 3.63) is 47.6 Å². The van der Waals surface area contributed by atoms with E-state index in [2.05, 4.69) is 10.2 Å². The molecule has 26 heavy (non-hydrogen) atoms. The summed E-state index contributed by atoms with van der Waals surface area (Å²) < 4.78 is 18.6. The quantitative estimate of drug-likeness (QED) is 0.570. The standard InChI is InChI=1S/C17H13FN4O2S2/c18-12-4-6-13(7-5-12)22(9-2-8-19)15(23)11-26-17-21-20-16(24-17)14-3-1-10-25-14/h1,3-7,10H,2,9,11H2. The summed E-state index contributed by atoms with van der Waals surface area (Å²) in [5.41, 5.74) is 0.539. The van der Waals surface area contributed by atoms with E-state index in [4.69, 9.17) is 9.68 Å². The minimum Gasteiger partial charge on any atom is -0.410 e. The third-order valence-electron chi connectivity index (χ3n) is 3.34. The summed E-state index contributed by atoms with van der Waals surface area (Å²) in [5.74, 6) is -0.139. The van der Waals surface area contributed by atoms with Gasteiger partial charge in [-0.3, -0.25) is 4.79 Å². The van der Waals surface area contributed by atoms with Crippen LogP contribution in [0.25, 0.3) is 10.8 Å². The highest BCUT2D eigenvalue weighted by atomic mass is 32.2. The van der Waals surface area contributed by atoms with Gasteiger partial charge in [0.25, 0.3) is 11.1 Å². The van der Waals surface area contributed by atoms with E-state index >= 15 is 0 Å². The lowest BCUT2D eigenvalue weighted by atomic mass is 10.2. The third kappa shape index (κ3) is 4.47. The van der Waals surface area contributed by atoms with Crippen molar-refractivity contribution in [3.63, 3.8) is 0 Å². The van der Waals surface area contributed by atoms with E-state index in [0.717, 1.165) is 16.6 Å². The zero-order valence-corrected chi connectivity index (χ0v) is 15.1. The zero-order valence-electron chi connectivity index (χ0n) is 13.5. The first-order valence-corrected chi connectivity index (χ1v) is 9.47. The second-order valence-corrected chi connectivity index (χ2v) is 6.94. The van der Waals surface area contributed by atoms with E-state index in [1.807, 2.05) is 23.6 Å². The average Bonchev–Trinajstić information content (AvgIpc) is 3.33. The number of carbonyl (C=O) groups is 1. The van der Waals surface area contributed by atoms with Crippen LogP contribution in [0.3, 0.4) is 0 Å². The molecule has 0 aliphatic carbocycles. The van der Waals surface area contributed by atoms with Crippen molar-refractivity contribution in [1.82, 2.24) is 10.2 Å². The summed E-state index contributed by atoms with van der Waals surface area (Å²) >= 11 is 2.61. The molecule has 132 valence electrons. The Balaban J connectivity index is 1.66. The summed E-state index contributed by atoms with van der Waals surface area (Å²) in [4.78, 5) is 14.9. The van der Waals surface area contributed by atoms with Crippen LogP contribution in [0.1, 0.15) is 6.42 Å². The molecule has 0 aliphatic rings. The molecule has 2 heterocycles. The molecule has 3 rings (SSSR count). The Bertz CT molecular complexity index is 904. The van der Waals surface area contributed by atoms with Crippen molar-refractivity contribution >= 4 is 34.7 Å². The van der Waals surface area contributed by atoms with Gasteiger partial charge >= 0.3 is 0 Å². The molecule has 0 radical (unpaired) electrons. The lowest BCUT2D eigenvalue weighted by Crippen LogP contribution is -2.33. The maximum atomic E-state index is 13.1. The number of rotatable bonds is 7. The molecule has 0 bridgehead atoms. The van der Waals surface area contributed by atoms with Gasteiger partial charge in [-0.1, -0.05) is 17.8 Å². The number of thioether (sulfide) groups is 1. The van der Waals surface area contributed by atoms with Gasteiger partial charge in [-0.25, -0.2) is 4.39 Å². The second-order valence-electron chi connectivity index (χ2n) is 5.07. The normalized spacial score (nSPS) is 10.5. The van der Waals surface area contributed by atoms with Crippen LogP contribution in [-0.2, 0) is 4.79 Å². The predicted octanol–water partition coefficient (Wildman–Crippen LogP) is 3.98. The number of nitriles is 1. The molecule has 3 aromatic rings. The molecule has 0 N–H and O–H groups in total. The third-order valence-corrected chi connectivity index (χ3v) is 5.01. The number of thiophene rings is 1. The highest BCUT2D eigenvalue weighted by molar-refractivity contribution is 7.99. The number of carbonyl (C=O) groups excluding carboxylic acids is 1. The van der Waals surface area contributed by atoms with Crippen LogP contribution in [0, 0.1) is 17.1 Å². The summed E-state index contributed by atoms with van der Waals surface area (Å²) in [7, 11) is 0. The zero-order chi connectivity index (χ0) is 18.4. The van der Waals surface area contributed by atoms with Gasteiger partial charge in [0, 0.05) is 12.2 Å². The Morgan fingerprint density at radius 2 is 2.12 bits per heavy atom. The SMILES string of the molecule is N#CCCN(C(=O)CSc1nnc(-c2cccs2)o1)c1ccc(F)cc1. The molecule has 9 heteroatoms. The van der Waals surface area contributed by atoms with Crippen LogP contribution in [0.15, 0.2) is 51.4 Å². The molecular weight excluding hydrogens is 375 g/mol. The predicted molar refractivity (Wildman–Crippen MR) is 97.3 cm³/mol. The Kier molecular flexibility index (Phi) is 5.99. The first-order chi connectivity index (χ1) is 12.7. The molecular formula is C17H13FN4O2S2. The molecule has 0 fully saturated rings. The molecule has 1 amide bonds. The summed E-state index contributed by atoms with van der Waals surface area (Å²) in [6.07, 6.45) is 0.177. The Labute approximate surface area is 157 Å². The monoisotopic (exact) mass is 388 g/mol. The van der Waals surface area contributed by atoms with Crippen molar-refractivity contribution in [3.8, 4) is 16.8 Å². The number of hydrogen-bond donors (Lipinski definition) is 0. The number of aromatic nitrogens is 2. The van der Waals surface area contributed by atoms with E-state index in [0.29, 0.717) is 16.8 Å². The van der Waals surface area contributed by atoms with Gasteiger partial charge in [0.1, 0.15) is 5.82 Å². The maximum Gasteiger partial charge on any atom is 0.277 e. The highest BCUT2D eigenvalue weighted by Crippen LogP contribution is 2.27. The average molecular weight is 388 g/mol. The lowest BCUT2D eigenvalue weighted by Gasteiger charge is -2.21. The van der Waals surface area contributed by atoms with E-state index < -0.39 is 0 Å². The molecule has 1 aromatic carbocycles. The van der Waals surface area contributed by atoms with E-state index in [1.54, 1.807) is 0 Å². The second kappa shape index (κ2) is 8.60. The van der Waals surface area contributed by atoms with Gasteiger partial charge in [-0.05, 0) is 35.7 Å². The molecule has 0 saturated heterocycles. The van der Waals surface area contributed by atoms with Crippen LogP contribution in [0.5, 0.6) is 0 Å². The first kappa shape index (κ1) is 18.1. The minimum atomic E-state index is -0.386. The van der Waals surface area contributed by atoms with Crippen LogP contribution in [-0.4, -0.2) is 28.4 Å². The highest BCUT2D eigenvalue weighted by Gasteiger charge is 2.18. The maximum absolute atomic E-state index is 13.1. The first-order valence-electron chi connectivity index (χ1n) is 7.60. The summed E-state index contributed by atoms with van der Waals surface area (Å²) in [6.45, 7) is 0.228. The van der Waals surface area contributed by atoms with Gasteiger partial charge < -0.3 is 9.32 Å². The van der Waals surface area contributed by atoms with Crippen molar-refractivity contribution in [2.45, 2.75) is 11.6 Å². The lowest BCUT2D eigenvalue weighted by molar-refractivity contribution is -0.116. The van der Waals surface area contributed by atoms with Crippen molar-refractivity contribution in [2.75, 3.05) is 17.2 Å². The number of hydrogen-bond acceptors (Lipinski definition) is 7. The van der Waals surface area contributed by atoms with E-state index in [1.165, 1.54) is 40.5 Å². The topological polar surface area (TPSA) is 83.0 Å². The molecule has 0 atom stereocenters. The summed E-state index contributed by atoms with van der Waals surface area (Å²) in [5, 5.41) is 18.9. The van der Waals surface area contributed by atoms with Gasteiger partial charge in [0.05, 0.1) is 23.1 Å². The Hall–Kier alpha value is -2.70. The van der Waals surface area contributed by atoms with Crippen LogP contribution in [0.2, 0.25) is 0 Å². The van der Waals surface area contributed by atoms with Crippen molar-refractivity contribution in [1.29, 1.82) is 5.26 Å². The number of benzene rings is 1. The van der Waals surface area contributed by atoms with Crippen molar-refractivity contribution in [2.24, 2.45) is 0 Å². The molecule has 6 nitrogen and oxygen atoms in total. The van der Waals surface area contributed by atoms with Crippen LogP contribution in [0.4, 0.5) is 10.1 Å². The van der Waals surface area contributed by atoms with E-state index in [-0.39, 0.29) is 30.4 Å². The van der Waals surface area contributed by atoms with E-state index in [9.17, 15) is 9.18 Å². The van der Waals surface area contributed by atoms with Gasteiger partial charge in [-0.2, -0.15) is 5.26 Å². The fourth-order valence-electron chi connectivity index (χ4n) is 2.15. The Morgan fingerprint density at radius 1 is 1.31 bits per heavy atom. The molecule has 0 aliphatic heterocycles. The number of halogens is 1. The molecule has 0 unspecified atom stereocenters. The van der Waals surface area contributed by atoms with Crippen LogP contribution < -0.4 is 4.90 Å². The fourth-order valence-corrected chi connectivity index (χ4v) is 3.43. The number of anilines is 1. The fraction of sp³-hybridized carbons (Fsp3) is 0.176. The van der Waals surface area contributed by atoms with Crippen molar-refractivity contribution < 1.29 is 13.6 Å². The molecule has 0 saturated carbocycles. The minimum absolute atomic E-state index is 0.0644. The van der Waals surface area contributed by atoms with Crippen LogP contribution >= 0.6 is 23.1 Å². The van der Waals surface area contributed by atoms with Gasteiger partial charge in [0.15, 0.2) is 0 Å². The smallest absolute Gasteiger partial charge is 0.277 e. The number of nitrogens with zero attached hydrogens (tertiary/aromatic N) is 4. The molecule has 2 aromatic heterocycles. The number of amides is 1. The molecule has 0 spiro atoms. The Morgan fingerprint density at radius 3 is 2.81 bits per heavy atom. The largest absolute Gasteiger partial charge is 0.410 e. The van der Waals surface area contributed by atoms with Gasteiger partial charge in [-0.15, -0.1) is 21.5 Å². The summed E-state index contributed by atoms with van der Waals surface area (Å²) in [6, 6.07) is 11.3.